The largest absolute Gasteiger partial charge is 0.326 e. The van der Waals surface area contributed by atoms with Gasteiger partial charge in [0.15, 0.2) is 0 Å². The Morgan fingerprint density at radius 2 is 1.94 bits per heavy atom. The molecule has 17 heavy (non-hydrogen) atoms. The molecule has 2 atom stereocenters. The van der Waals surface area contributed by atoms with Gasteiger partial charge in [0.25, 0.3) is 10.2 Å². The number of nitrogens with zero attached hydrogens (tertiary/aromatic N) is 1. The first kappa shape index (κ1) is 14.9. The highest BCUT2D eigenvalue weighted by Gasteiger charge is 2.35. The van der Waals surface area contributed by atoms with Crippen LogP contribution in [-0.2, 0) is 10.2 Å². The van der Waals surface area contributed by atoms with Gasteiger partial charge in [-0.25, -0.2) is 0 Å². The van der Waals surface area contributed by atoms with Crippen molar-refractivity contribution in [1.82, 2.24) is 9.03 Å². The van der Waals surface area contributed by atoms with Crippen molar-refractivity contribution in [2.75, 3.05) is 6.54 Å². The van der Waals surface area contributed by atoms with E-state index < -0.39 is 15.7 Å². The average molecular weight is 263 g/mol. The molecule has 0 amide bonds. The van der Waals surface area contributed by atoms with Crippen LogP contribution in [0.25, 0.3) is 0 Å². The Morgan fingerprint density at radius 3 is 2.41 bits per heavy atom. The molecule has 3 N–H and O–H groups in total. The van der Waals surface area contributed by atoms with Crippen LogP contribution in [0, 0.1) is 0 Å². The van der Waals surface area contributed by atoms with E-state index in [9.17, 15) is 8.42 Å². The fourth-order valence-corrected chi connectivity index (χ4v) is 4.11. The van der Waals surface area contributed by atoms with Crippen molar-refractivity contribution < 1.29 is 8.42 Å². The van der Waals surface area contributed by atoms with Crippen molar-refractivity contribution in [1.29, 1.82) is 0 Å². The van der Waals surface area contributed by atoms with Gasteiger partial charge in [0.2, 0.25) is 0 Å². The normalized spacial score (nSPS) is 25.8. The van der Waals surface area contributed by atoms with Gasteiger partial charge < -0.3 is 5.73 Å². The maximum Gasteiger partial charge on any atom is 0.280 e. The second-order valence-electron chi connectivity index (χ2n) is 5.89. The Hall–Kier alpha value is -0.170. The molecule has 0 aromatic rings. The fourth-order valence-electron chi connectivity index (χ4n) is 2.20. The molecule has 1 heterocycles. The molecule has 6 heteroatoms. The molecule has 0 aromatic carbocycles. The number of piperidine rings is 1. The van der Waals surface area contributed by atoms with Crippen molar-refractivity contribution in [3.8, 4) is 0 Å². The molecule has 1 saturated heterocycles. The van der Waals surface area contributed by atoms with Crippen LogP contribution in [0.5, 0.6) is 0 Å². The minimum absolute atomic E-state index is 0.0800. The molecule has 1 fully saturated rings. The summed E-state index contributed by atoms with van der Waals surface area (Å²) in [7, 11) is -3.43. The number of nitrogens with two attached hydrogens (primary N) is 1. The lowest BCUT2D eigenvalue weighted by Crippen LogP contribution is -2.57. The Labute approximate surface area is 105 Å². The van der Waals surface area contributed by atoms with E-state index in [4.69, 9.17) is 5.73 Å². The van der Waals surface area contributed by atoms with E-state index in [1.807, 2.05) is 27.7 Å². The highest BCUT2D eigenvalue weighted by molar-refractivity contribution is 7.87. The van der Waals surface area contributed by atoms with Gasteiger partial charge in [-0.2, -0.15) is 17.4 Å². The summed E-state index contributed by atoms with van der Waals surface area (Å²) in [6.07, 6.45) is 2.81. The molecule has 1 aliphatic rings. The molecule has 1 rings (SSSR count). The molecular weight excluding hydrogens is 238 g/mol. The summed E-state index contributed by atoms with van der Waals surface area (Å²) >= 11 is 0. The first-order valence-corrected chi connectivity index (χ1v) is 7.64. The summed E-state index contributed by atoms with van der Waals surface area (Å²) < 4.78 is 28.8. The predicted octanol–water partition coefficient (Wildman–Crippen LogP) is 0.821. The zero-order chi connectivity index (χ0) is 13.3. The summed E-state index contributed by atoms with van der Waals surface area (Å²) in [6.45, 7) is 7.97. The Kier molecular flexibility index (Phi) is 4.57. The first-order valence-electron chi connectivity index (χ1n) is 6.20. The van der Waals surface area contributed by atoms with Gasteiger partial charge in [0.1, 0.15) is 0 Å². The van der Waals surface area contributed by atoms with Crippen molar-refractivity contribution in [2.24, 2.45) is 5.73 Å². The van der Waals surface area contributed by atoms with E-state index in [2.05, 4.69) is 4.72 Å². The second-order valence-corrected chi connectivity index (χ2v) is 7.51. The molecular formula is C11H25N3O2S. The van der Waals surface area contributed by atoms with Gasteiger partial charge >= 0.3 is 0 Å². The molecule has 5 nitrogen and oxygen atoms in total. The Morgan fingerprint density at radius 1 is 1.35 bits per heavy atom. The zero-order valence-corrected chi connectivity index (χ0v) is 12.0. The number of rotatable bonds is 3. The Bertz CT molecular complexity index is 346. The summed E-state index contributed by atoms with van der Waals surface area (Å²) in [5.41, 5.74) is 5.42. The SMILES string of the molecule is CC(N)C1CCCCN1S(=O)(=O)NC(C)(C)C. The zero-order valence-electron chi connectivity index (χ0n) is 11.2. The molecule has 0 saturated carbocycles. The minimum atomic E-state index is -3.43. The Balaban J connectivity index is 2.88. The van der Waals surface area contributed by atoms with Crippen molar-refractivity contribution >= 4 is 10.2 Å². The summed E-state index contributed by atoms with van der Waals surface area (Å²) in [5.74, 6) is 0. The number of hydrogen-bond donors (Lipinski definition) is 2. The monoisotopic (exact) mass is 263 g/mol. The first-order chi connectivity index (χ1) is 7.63. The van der Waals surface area contributed by atoms with Crippen LogP contribution < -0.4 is 10.5 Å². The molecule has 0 radical (unpaired) electrons. The lowest BCUT2D eigenvalue weighted by molar-refractivity contribution is 0.222. The maximum atomic E-state index is 12.3. The molecule has 1 aliphatic heterocycles. The quantitative estimate of drug-likeness (QED) is 0.791. The molecule has 0 bridgehead atoms. The van der Waals surface area contributed by atoms with Crippen LogP contribution in [0.1, 0.15) is 47.0 Å². The summed E-state index contributed by atoms with van der Waals surface area (Å²) in [6, 6.07) is -0.213. The minimum Gasteiger partial charge on any atom is -0.326 e. The van der Waals surface area contributed by atoms with Gasteiger partial charge in [-0.1, -0.05) is 6.42 Å². The standard InChI is InChI=1S/C11H25N3O2S/c1-9(12)10-7-5-6-8-14(10)17(15,16)13-11(2,3)4/h9-10,13H,5-8,12H2,1-4H3. The van der Waals surface area contributed by atoms with Crippen LogP contribution in [-0.4, -0.2) is 36.9 Å². The van der Waals surface area contributed by atoms with E-state index in [1.165, 1.54) is 4.31 Å². The lowest BCUT2D eigenvalue weighted by atomic mass is 10.00. The van der Waals surface area contributed by atoms with Crippen LogP contribution in [0.4, 0.5) is 0 Å². The van der Waals surface area contributed by atoms with E-state index in [0.717, 1.165) is 19.3 Å². The molecule has 102 valence electrons. The summed E-state index contributed by atoms with van der Waals surface area (Å²) in [4.78, 5) is 0. The maximum absolute atomic E-state index is 12.3. The third kappa shape index (κ3) is 4.21. The third-order valence-corrected chi connectivity index (χ3v) is 4.79. The van der Waals surface area contributed by atoms with Gasteiger partial charge in [-0.05, 0) is 40.5 Å². The van der Waals surface area contributed by atoms with Crippen LogP contribution in [0.15, 0.2) is 0 Å². The average Bonchev–Trinajstić information content (AvgIpc) is 2.14. The van der Waals surface area contributed by atoms with Gasteiger partial charge in [0.05, 0.1) is 0 Å². The van der Waals surface area contributed by atoms with E-state index in [-0.39, 0.29) is 12.1 Å². The van der Waals surface area contributed by atoms with Gasteiger partial charge in [-0.15, -0.1) is 0 Å². The smallest absolute Gasteiger partial charge is 0.280 e. The highest BCUT2D eigenvalue weighted by atomic mass is 32.2. The molecule has 2 unspecified atom stereocenters. The third-order valence-electron chi connectivity index (χ3n) is 2.85. The lowest BCUT2D eigenvalue weighted by Gasteiger charge is -2.38. The topological polar surface area (TPSA) is 75.4 Å². The summed E-state index contributed by atoms with van der Waals surface area (Å²) in [5, 5.41) is 0. The van der Waals surface area contributed by atoms with Gasteiger partial charge in [-0.3, -0.25) is 0 Å². The van der Waals surface area contributed by atoms with Crippen molar-refractivity contribution in [3.63, 3.8) is 0 Å². The van der Waals surface area contributed by atoms with Crippen LogP contribution >= 0.6 is 0 Å². The molecule has 0 aliphatic carbocycles. The van der Waals surface area contributed by atoms with E-state index in [0.29, 0.717) is 6.54 Å². The van der Waals surface area contributed by atoms with Crippen LogP contribution in [0.2, 0.25) is 0 Å². The highest BCUT2D eigenvalue weighted by Crippen LogP contribution is 2.22. The fraction of sp³-hybridized carbons (Fsp3) is 1.00. The van der Waals surface area contributed by atoms with Crippen LogP contribution in [0.3, 0.4) is 0 Å². The number of hydrogen-bond acceptors (Lipinski definition) is 3. The van der Waals surface area contributed by atoms with Crippen molar-refractivity contribution in [3.05, 3.63) is 0 Å². The molecule has 0 aromatic heterocycles. The molecule has 0 spiro atoms. The number of nitrogens with one attached hydrogen (secondary N) is 1. The van der Waals surface area contributed by atoms with Gasteiger partial charge in [0, 0.05) is 24.2 Å². The van der Waals surface area contributed by atoms with E-state index in [1.54, 1.807) is 0 Å². The predicted molar refractivity (Wildman–Crippen MR) is 69.8 cm³/mol. The van der Waals surface area contributed by atoms with Crippen molar-refractivity contribution in [2.45, 2.75) is 64.6 Å². The van der Waals surface area contributed by atoms with E-state index >= 15 is 0 Å². The second kappa shape index (κ2) is 5.22.